The first kappa shape index (κ1) is 16.5. The standard InChI is InChI=1S/C16H24N2O2S/c1-4-15(20-10-9-19-3)16-11-14(13-21-16)12-18-7-5-17(2)6-8-18/h1,11,13,15H,5-10,12H2,2-3H3. The maximum absolute atomic E-state index is 5.66. The van der Waals surface area contributed by atoms with Crippen LogP contribution in [0.25, 0.3) is 0 Å². The minimum absolute atomic E-state index is 0.258. The Morgan fingerprint density at radius 2 is 2.10 bits per heavy atom. The number of hydrogen-bond donors (Lipinski definition) is 0. The Labute approximate surface area is 131 Å². The van der Waals surface area contributed by atoms with Gasteiger partial charge < -0.3 is 14.4 Å². The summed E-state index contributed by atoms with van der Waals surface area (Å²) in [6, 6.07) is 2.18. The minimum Gasteiger partial charge on any atom is -0.382 e. The third-order valence-electron chi connectivity index (χ3n) is 3.66. The molecule has 2 rings (SSSR count). The molecule has 21 heavy (non-hydrogen) atoms. The Morgan fingerprint density at radius 1 is 1.33 bits per heavy atom. The smallest absolute Gasteiger partial charge is 0.152 e. The molecule has 0 bridgehead atoms. The van der Waals surface area contributed by atoms with Gasteiger partial charge in [-0.05, 0) is 24.1 Å². The first-order chi connectivity index (χ1) is 10.2. The predicted molar refractivity (Wildman–Crippen MR) is 86.5 cm³/mol. The monoisotopic (exact) mass is 308 g/mol. The van der Waals surface area contributed by atoms with Crippen molar-refractivity contribution in [2.45, 2.75) is 12.6 Å². The van der Waals surface area contributed by atoms with Gasteiger partial charge in [-0.2, -0.15) is 0 Å². The first-order valence-electron chi connectivity index (χ1n) is 7.28. The number of rotatable bonds is 7. The second-order valence-electron chi connectivity index (χ2n) is 5.35. The summed E-state index contributed by atoms with van der Waals surface area (Å²) < 4.78 is 10.7. The Kier molecular flexibility index (Phi) is 6.68. The lowest BCUT2D eigenvalue weighted by Crippen LogP contribution is -2.43. The molecule has 2 heterocycles. The van der Waals surface area contributed by atoms with Gasteiger partial charge in [0.1, 0.15) is 0 Å². The Hall–Kier alpha value is -0.900. The molecule has 0 spiro atoms. The van der Waals surface area contributed by atoms with Crippen LogP contribution in [0.4, 0.5) is 0 Å². The van der Waals surface area contributed by atoms with Crippen molar-refractivity contribution in [2.75, 3.05) is 53.6 Å². The molecule has 0 radical (unpaired) electrons. The normalized spacial score (nSPS) is 18.5. The molecule has 1 aliphatic rings. The average Bonchev–Trinajstić information content (AvgIpc) is 2.94. The van der Waals surface area contributed by atoms with E-state index in [2.05, 4.69) is 34.2 Å². The van der Waals surface area contributed by atoms with Gasteiger partial charge in [0.15, 0.2) is 6.10 Å². The van der Waals surface area contributed by atoms with Crippen LogP contribution in [0, 0.1) is 12.3 Å². The van der Waals surface area contributed by atoms with Crippen molar-refractivity contribution in [3.63, 3.8) is 0 Å². The molecule has 5 heteroatoms. The molecule has 1 saturated heterocycles. The fraction of sp³-hybridized carbons (Fsp3) is 0.625. The zero-order valence-electron chi connectivity index (χ0n) is 12.9. The van der Waals surface area contributed by atoms with Gasteiger partial charge in [0.2, 0.25) is 0 Å². The highest BCUT2D eigenvalue weighted by Gasteiger charge is 2.16. The van der Waals surface area contributed by atoms with Crippen molar-refractivity contribution in [1.29, 1.82) is 0 Å². The van der Waals surface area contributed by atoms with Crippen LogP contribution < -0.4 is 0 Å². The molecule has 0 saturated carbocycles. The summed E-state index contributed by atoms with van der Waals surface area (Å²) in [6.07, 6.45) is 5.31. The van der Waals surface area contributed by atoms with E-state index in [0.717, 1.165) is 37.6 Å². The number of terminal acetylenes is 1. The van der Waals surface area contributed by atoms with Gasteiger partial charge >= 0.3 is 0 Å². The van der Waals surface area contributed by atoms with E-state index in [1.54, 1.807) is 18.4 Å². The fourth-order valence-electron chi connectivity index (χ4n) is 2.34. The van der Waals surface area contributed by atoms with E-state index in [1.165, 1.54) is 5.56 Å². The molecule has 1 aromatic rings. The molecule has 1 aromatic heterocycles. The van der Waals surface area contributed by atoms with Crippen LogP contribution >= 0.6 is 11.3 Å². The van der Waals surface area contributed by atoms with Crippen LogP contribution in [-0.2, 0) is 16.0 Å². The fourth-order valence-corrected chi connectivity index (χ4v) is 3.25. The Balaban J connectivity index is 1.86. The summed E-state index contributed by atoms with van der Waals surface area (Å²) in [7, 11) is 3.84. The molecular weight excluding hydrogens is 284 g/mol. The lowest BCUT2D eigenvalue weighted by molar-refractivity contribution is 0.0447. The van der Waals surface area contributed by atoms with Gasteiger partial charge in [0, 0.05) is 44.7 Å². The van der Waals surface area contributed by atoms with Gasteiger partial charge in [-0.3, -0.25) is 4.90 Å². The molecule has 0 N–H and O–H groups in total. The lowest BCUT2D eigenvalue weighted by Gasteiger charge is -2.32. The highest BCUT2D eigenvalue weighted by atomic mass is 32.1. The minimum atomic E-state index is -0.258. The molecule has 1 unspecified atom stereocenters. The number of nitrogens with zero attached hydrogens (tertiary/aromatic N) is 2. The average molecular weight is 308 g/mol. The summed E-state index contributed by atoms with van der Waals surface area (Å²) >= 11 is 1.68. The van der Waals surface area contributed by atoms with Crippen LogP contribution in [0.2, 0.25) is 0 Å². The molecule has 1 fully saturated rings. The molecule has 4 nitrogen and oxygen atoms in total. The van der Waals surface area contributed by atoms with Crippen LogP contribution in [0.15, 0.2) is 11.4 Å². The highest BCUT2D eigenvalue weighted by Crippen LogP contribution is 2.25. The number of thiophene rings is 1. The summed E-state index contributed by atoms with van der Waals surface area (Å²) in [5.41, 5.74) is 1.33. The van der Waals surface area contributed by atoms with Crippen molar-refractivity contribution >= 4 is 11.3 Å². The largest absolute Gasteiger partial charge is 0.382 e. The summed E-state index contributed by atoms with van der Waals surface area (Å²) in [5, 5.41) is 2.19. The predicted octanol–water partition coefficient (Wildman–Crippen LogP) is 1.83. The van der Waals surface area contributed by atoms with Gasteiger partial charge in [-0.15, -0.1) is 17.8 Å². The maximum atomic E-state index is 5.66. The molecule has 1 atom stereocenters. The van der Waals surface area contributed by atoms with E-state index in [9.17, 15) is 0 Å². The molecular formula is C16H24N2O2S. The molecule has 1 aliphatic heterocycles. The summed E-state index contributed by atoms with van der Waals surface area (Å²) in [4.78, 5) is 5.97. The van der Waals surface area contributed by atoms with E-state index < -0.39 is 0 Å². The van der Waals surface area contributed by atoms with Crippen LogP contribution in [0.1, 0.15) is 16.5 Å². The quantitative estimate of drug-likeness (QED) is 0.567. The number of piperazine rings is 1. The SMILES string of the molecule is C#CC(OCCOC)c1cc(CN2CCN(C)CC2)cs1. The third kappa shape index (κ3) is 5.10. The van der Waals surface area contributed by atoms with Crippen molar-refractivity contribution in [1.82, 2.24) is 9.80 Å². The summed E-state index contributed by atoms with van der Waals surface area (Å²) in [5.74, 6) is 2.71. The van der Waals surface area contributed by atoms with Gasteiger partial charge in [-0.25, -0.2) is 0 Å². The van der Waals surface area contributed by atoms with Crippen LogP contribution in [-0.4, -0.2) is 63.4 Å². The van der Waals surface area contributed by atoms with Gasteiger partial charge in [0.25, 0.3) is 0 Å². The van der Waals surface area contributed by atoms with Crippen molar-refractivity contribution in [3.8, 4) is 12.3 Å². The third-order valence-corrected chi connectivity index (χ3v) is 4.68. The van der Waals surface area contributed by atoms with E-state index >= 15 is 0 Å². The van der Waals surface area contributed by atoms with Gasteiger partial charge in [-0.1, -0.05) is 5.92 Å². The maximum Gasteiger partial charge on any atom is 0.152 e. The highest BCUT2D eigenvalue weighted by molar-refractivity contribution is 7.10. The number of ether oxygens (including phenoxy) is 2. The van der Waals surface area contributed by atoms with Crippen LogP contribution in [0.3, 0.4) is 0 Å². The molecule has 116 valence electrons. The number of hydrogen-bond acceptors (Lipinski definition) is 5. The topological polar surface area (TPSA) is 24.9 Å². The van der Waals surface area contributed by atoms with Crippen LogP contribution in [0.5, 0.6) is 0 Å². The van der Waals surface area contributed by atoms with E-state index in [0.29, 0.717) is 13.2 Å². The first-order valence-corrected chi connectivity index (χ1v) is 8.15. The number of likely N-dealkylation sites (N-methyl/N-ethyl adjacent to an activating group) is 1. The summed E-state index contributed by atoms with van der Waals surface area (Å²) in [6.45, 7) is 6.64. The van der Waals surface area contributed by atoms with E-state index in [-0.39, 0.29) is 6.10 Å². The lowest BCUT2D eigenvalue weighted by atomic mass is 10.2. The zero-order chi connectivity index (χ0) is 15.1. The van der Waals surface area contributed by atoms with E-state index in [4.69, 9.17) is 15.9 Å². The molecule has 0 aromatic carbocycles. The second kappa shape index (κ2) is 8.52. The van der Waals surface area contributed by atoms with Crippen molar-refractivity contribution in [2.24, 2.45) is 0 Å². The Bertz CT molecular complexity index is 461. The molecule has 0 amide bonds. The zero-order valence-corrected chi connectivity index (χ0v) is 13.7. The second-order valence-corrected chi connectivity index (χ2v) is 6.29. The Morgan fingerprint density at radius 3 is 2.76 bits per heavy atom. The number of methoxy groups -OCH3 is 1. The van der Waals surface area contributed by atoms with Gasteiger partial charge in [0.05, 0.1) is 13.2 Å². The van der Waals surface area contributed by atoms with Crippen molar-refractivity contribution in [3.05, 3.63) is 21.9 Å². The van der Waals surface area contributed by atoms with Crippen molar-refractivity contribution < 1.29 is 9.47 Å². The van der Waals surface area contributed by atoms with E-state index in [1.807, 2.05) is 0 Å². The molecule has 0 aliphatic carbocycles.